The van der Waals surface area contributed by atoms with Gasteiger partial charge in [-0.25, -0.2) is 0 Å². The Balaban J connectivity index is 1.43. The van der Waals surface area contributed by atoms with E-state index in [0.29, 0.717) is 18.7 Å². The molecule has 2 saturated carbocycles. The van der Waals surface area contributed by atoms with Gasteiger partial charge in [0.25, 0.3) is 5.91 Å². The second-order valence-corrected chi connectivity index (χ2v) is 10.5. The van der Waals surface area contributed by atoms with Gasteiger partial charge in [-0.15, -0.1) is 6.58 Å². The van der Waals surface area contributed by atoms with Gasteiger partial charge in [0.05, 0.1) is 6.04 Å². The quantitative estimate of drug-likeness (QED) is 0.428. The molecule has 1 aliphatic heterocycles. The minimum absolute atomic E-state index is 0.0483. The molecule has 0 radical (unpaired) electrons. The number of hydrogen-bond acceptors (Lipinski definition) is 3. The van der Waals surface area contributed by atoms with Crippen molar-refractivity contribution in [2.24, 2.45) is 5.92 Å². The zero-order valence-corrected chi connectivity index (χ0v) is 21.4. The smallest absolute Gasteiger partial charge is 0.264 e. The summed E-state index contributed by atoms with van der Waals surface area (Å²) in [6.07, 6.45) is 9.16. The standard InChI is InChI=1S/C31H38N2O3/c1-3-19-32(25-12-8-9-13-25)31(35)28(4-2)36-26-17-16-22-18-20-33(30(34)24-14-15-24)29(27(22)21-26)23-10-6-5-7-11-23/h3,5-7,10-11,16-17,21,24-25,28-29H,1,4,8-9,12-15,18-20H2,2H3/t28-,29-/m1/s1. The van der Waals surface area contributed by atoms with E-state index in [4.69, 9.17) is 4.74 Å². The van der Waals surface area contributed by atoms with Crippen molar-refractivity contribution in [1.82, 2.24) is 9.80 Å². The maximum atomic E-state index is 13.6. The number of benzene rings is 2. The minimum Gasteiger partial charge on any atom is -0.481 e. The molecule has 2 fully saturated rings. The number of amides is 2. The number of rotatable bonds is 9. The molecule has 2 atom stereocenters. The second-order valence-electron chi connectivity index (χ2n) is 10.5. The molecule has 2 aromatic rings. The van der Waals surface area contributed by atoms with Crippen molar-refractivity contribution in [3.8, 4) is 5.75 Å². The molecule has 3 aliphatic rings. The molecule has 2 amide bonds. The van der Waals surface area contributed by atoms with Gasteiger partial charge in [-0.1, -0.05) is 62.2 Å². The highest BCUT2D eigenvalue weighted by atomic mass is 16.5. The van der Waals surface area contributed by atoms with E-state index in [1.165, 1.54) is 18.4 Å². The molecule has 1 heterocycles. The largest absolute Gasteiger partial charge is 0.481 e. The third kappa shape index (κ3) is 5.07. The molecular weight excluding hydrogens is 448 g/mol. The molecule has 190 valence electrons. The van der Waals surface area contributed by atoms with Crippen LogP contribution >= 0.6 is 0 Å². The Morgan fingerprint density at radius 1 is 1.11 bits per heavy atom. The minimum atomic E-state index is -0.536. The molecule has 0 saturated heterocycles. The lowest BCUT2D eigenvalue weighted by Gasteiger charge is -2.38. The monoisotopic (exact) mass is 486 g/mol. The summed E-state index contributed by atoms with van der Waals surface area (Å²) in [6, 6.07) is 16.6. The van der Waals surface area contributed by atoms with E-state index in [1.54, 1.807) is 0 Å². The van der Waals surface area contributed by atoms with E-state index in [9.17, 15) is 9.59 Å². The predicted molar refractivity (Wildman–Crippen MR) is 142 cm³/mol. The fraction of sp³-hybridized carbons (Fsp3) is 0.484. The van der Waals surface area contributed by atoms with Gasteiger partial charge in [0.1, 0.15) is 5.75 Å². The Bertz CT molecular complexity index is 1090. The fourth-order valence-corrected chi connectivity index (χ4v) is 5.90. The van der Waals surface area contributed by atoms with Crippen molar-refractivity contribution in [2.45, 2.75) is 76.5 Å². The molecule has 2 aliphatic carbocycles. The van der Waals surface area contributed by atoms with E-state index in [2.05, 4.69) is 35.7 Å². The second kappa shape index (κ2) is 10.9. The molecule has 0 unspecified atom stereocenters. The van der Waals surface area contributed by atoms with Crippen LogP contribution in [0.15, 0.2) is 61.2 Å². The summed E-state index contributed by atoms with van der Waals surface area (Å²) in [6.45, 7) is 7.17. The van der Waals surface area contributed by atoms with Crippen LogP contribution in [0.2, 0.25) is 0 Å². The van der Waals surface area contributed by atoms with Gasteiger partial charge in [0.15, 0.2) is 6.10 Å². The molecule has 0 N–H and O–H groups in total. The maximum Gasteiger partial charge on any atom is 0.264 e. The van der Waals surface area contributed by atoms with Gasteiger partial charge < -0.3 is 14.5 Å². The van der Waals surface area contributed by atoms with Gasteiger partial charge in [-0.3, -0.25) is 9.59 Å². The Morgan fingerprint density at radius 3 is 2.53 bits per heavy atom. The van der Waals surface area contributed by atoms with Crippen LogP contribution in [-0.2, 0) is 16.0 Å². The van der Waals surface area contributed by atoms with Crippen molar-refractivity contribution in [2.75, 3.05) is 13.1 Å². The first-order valence-corrected chi connectivity index (χ1v) is 13.7. The molecule has 5 nitrogen and oxygen atoms in total. The molecule has 5 rings (SSSR count). The summed E-state index contributed by atoms with van der Waals surface area (Å²) < 4.78 is 6.39. The van der Waals surface area contributed by atoms with Crippen molar-refractivity contribution in [1.29, 1.82) is 0 Å². The SMILES string of the molecule is C=CCN(C(=O)[C@@H](CC)Oc1ccc2c(c1)[C@@H](c1ccccc1)N(C(=O)C1CC1)CC2)C1CCCC1. The molecule has 5 heteroatoms. The van der Waals surface area contributed by atoms with Gasteiger partial charge in [0, 0.05) is 25.0 Å². The fourth-order valence-electron chi connectivity index (χ4n) is 5.90. The van der Waals surface area contributed by atoms with Gasteiger partial charge in [-0.2, -0.15) is 0 Å². The first-order valence-electron chi connectivity index (χ1n) is 13.7. The van der Waals surface area contributed by atoms with E-state index < -0.39 is 6.10 Å². The molecule has 2 aromatic carbocycles. The van der Waals surface area contributed by atoms with E-state index >= 15 is 0 Å². The molecule has 36 heavy (non-hydrogen) atoms. The Hall–Kier alpha value is -3.08. The third-order valence-corrected chi connectivity index (χ3v) is 7.97. The number of carbonyl (C=O) groups is 2. The topological polar surface area (TPSA) is 49.9 Å². The van der Waals surface area contributed by atoms with Crippen LogP contribution in [0.5, 0.6) is 5.75 Å². The van der Waals surface area contributed by atoms with Crippen LogP contribution in [0.1, 0.15) is 74.6 Å². The van der Waals surface area contributed by atoms with Crippen LogP contribution < -0.4 is 4.74 Å². The summed E-state index contributed by atoms with van der Waals surface area (Å²) in [5, 5.41) is 0. The average Bonchev–Trinajstić information content (AvgIpc) is 3.63. The molecule has 0 bridgehead atoms. The summed E-state index contributed by atoms with van der Waals surface area (Å²) in [5.74, 6) is 1.18. The average molecular weight is 487 g/mol. The van der Waals surface area contributed by atoms with Crippen LogP contribution in [0.25, 0.3) is 0 Å². The van der Waals surface area contributed by atoms with Crippen LogP contribution in [0, 0.1) is 5.92 Å². The highest BCUT2D eigenvalue weighted by Gasteiger charge is 2.40. The summed E-state index contributed by atoms with van der Waals surface area (Å²) in [7, 11) is 0. The lowest BCUT2D eigenvalue weighted by atomic mass is 9.87. The van der Waals surface area contributed by atoms with Crippen LogP contribution in [0.4, 0.5) is 0 Å². The van der Waals surface area contributed by atoms with E-state index in [0.717, 1.165) is 49.8 Å². The highest BCUT2D eigenvalue weighted by Crippen LogP contribution is 2.41. The number of ether oxygens (including phenoxy) is 1. The number of fused-ring (bicyclic) bond motifs is 1. The maximum absolute atomic E-state index is 13.6. The zero-order valence-electron chi connectivity index (χ0n) is 21.4. The van der Waals surface area contributed by atoms with Crippen LogP contribution in [-0.4, -0.2) is 46.8 Å². The molecular formula is C31H38N2O3. The first-order chi connectivity index (χ1) is 17.6. The molecule has 0 spiro atoms. The summed E-state index contributed by atoms with van der Waals surface area (Å²) in [5.41, 5.74) is 3.47. The zero-order chi connectivity index (χ0) is 25.1. The number of carbonyl (C=O) groups excluding carboxylic acids is 2. The molecule has 0 aromatic heterocycles. The van der Waals surface area contributed by atoms with Crippen molar-refractivity contribution in [3.63, 3.8) is 0 Å². The summed E-state index contributed by atoms with van der Waals surface area (Å²) >= 11 is 0. The Morgan fingerprint density at radius 2 is 1.86 bits per heavy atom. The highest BCUT2D eigenvalue weighted by molar-refractivity contribution is 5.83. The van der Waals surface area contributed by atoms with Crippen molar-refractivity contribution >= 4 is 11.8 Å². The lowest BCUT2D eigenvalue weighted by Crippen LogP contribution is -2.46. The van der Waals surface area contributed by atoms with Crippen LogP contribution in [0.3, 0.4) is 0 Å². The van der Waals surface area contributed by atoms with Gasteiger partial charge in [-0.05, 0) is 67.3 Å². The normalized spacial score (nSPS) is 20.5. The van der Waals surface area contributed by atoms with E-state index in [-0.39, 0.29) is 29.8 Å². The summed E-state index contributed by atoms with van der Waals surface area (Å²) in [4.78, 5) is 30.8. The lowest BCUT2D eigenvalue weighted by molar-refractivity contribution is -0.140. The number of nitrogens with zero attached hydrogens (tertiary/aromatic N) is 2. The van der Waals surface area contributed by atoms with Crippen molar-refractivity contribution in [3.05, 3.63) is 77.9 Å². The van der Waals surface area contributed by atoms with E-state index in [1.807, 2.05) is 42.2 Å². The Labute approximate surface area is 215 Å². The van der Waals surface area contributed by atoms with Gasteiger partial charge in [0.2, 0.25) is 5.91 Å². The number of hydrogen-bond donors (Lipinski definition) is 0. The first kappa shape index (κ1) is 24.6. The Kier molecular flexibility index (Phi) is 7.45. The predicted octanol–water partition coefficient (Wildman–Crippen LogP) is 5.69. The van der Waals surface area contributed by atoms with Crippen molar-refractivity contribution < 1.29 is 14.3 Å². The van der Waals surface area contributed by atoms with Gasteiger partial charge >= 0.3 is 0 Å². The third-order valence-electron chi connectivity index (χ3n) is 7.97.